The molecule has 10 heteroatoms. The van der Waals surface area contributed by atoms with E-state index < -0.39 is 11.9 Å². The Labute approximate surface area is 187 Å². The van der Waals surface area contributed by atoms with Crippen molar-refractivity contribution in [3.05, 3.63) is 47.0 Å². The number of fused-ring (bicyclic) bond motifs is 2. The Morgan fingerprint density at radius 3 is 2.81 bits per heavy atom. The minimum absolute atomic E-state index is 0.121. The first-order valence-corrected chi connectivity index (χ1v) is 10.7. The van der Waals surface area contributed by atoms with Gasteiger partial charge in [0.2, 0.25) is 11.9 Å². The highest BCUT2D eigenvalue weighted by atomic mass is 35.5. The second kappa shape index (κ2) is 8.52. The fourth-order valence-corrected chi connectivity index (χ4v) is 4.33. The van der Waals surface area contributed by atoms with Crippen LogP contribution in [-0.2, 0) is 16.6 Å². The predicted molar refractivity (Wildman–Crippen MR) is 122 cm³/mol. The molecular formula is C21H20ClN5O3S. The molecule has 0 aliphatic carbocycles. The highest BCUT2D eigenvalue weighted by molar-refractivity contribution is 7.22. The van der Waals surface area contributed by atoms with E-state index in [-0.39, 0.29) is 18.9 Å². The van der Waals surface area contributed by atoms with E-state index in [4.69, 9.17) is 22.1 Å². The number of nitrogens with zero attached hydrogens (tertiary/aromatic N) is 3. The normalized spacial score (nSPS) is 12.2. The van der Waals surface area contributed by atoms with Crippen LogP contribution in [0.25, 0.3) is 21.3 Å². The molecule has 3 N–H and O–H groups in total. The number of benzene rings is 2. The number of imidazole rings is 1. The molecule has 2 heterocycles. The lowest BCUT2D eigenvalue weighted by Gasteiger charge is -2.10. The standard InChI is InChI=1S/C21H20ClN5O3S/c1-11(7-18(23)28)10-30-19(29)12-3-6-16-15(8-12)24-20(27(16)2)26-21-25-14-5-4-13(22)9-17(14)31-21/h3-6,8-9,11H,7,10H2,1-2H3,(H2,23,28)(H,24,25,26)/t11-/m1/s1. The Morgan fingerprint density at radius 1 is 1.23 bits per heavy atom. The summed E-state index contributed by atoms with van der Waals surface area (Å²) in [5.74, 6) is -0.434. The third kappa shape index (κ3) is 4.62. The summed E-state index contributed by atoms with van der Waals surface area (Å²) in [4.78, 5) is 32.5. The summed E-state index contributed by atoms with van der Waals surface area (Å²) in [7, 11) is 1.88. The van der Waals surface area contributed by atoms with E-state index in [0.29, 0.717) is 27.2 Å². The third-order valence-corrected chi connectivity index (χ3v) is 5.90. The van der Waals surface area contributed by atoms with Crippen LogP contribution in [0.1, 0.15) is 23.7 Å². The minimum Gasteiger partial charge on any atom is -0.462 e. The van der Waals surface area contributed by atoms with Gasteiger partial charge < -0.3 is 20.4 Å². The Kier molecular flexibility index (Phi) is 5.79. The summed E-state index contributed by atoms with van der Waals surface area (Å²) in [6, 6.07) is 10.7. The molecule has 1 amide bonds. The van der Waals surface area contributed by atoms with E-state index in [9.17, 15) is 9.59 Å². The van der Waals surface area contributed by atoms with Gasteiger partial charge in [-0.2, -0.15) is 0 Å². The van der Waals surface area contributed by atoms with Crippen molar-refractivity contribution in [2.45, 2.75) is 13.3 Å². The van der Waals surface area contributed by atoms with Crippen molar-refractivity contribution in [1.82, 2.24) is 14.5 Å². The number of nitrogens with one attached hydrogen (secondary N) is 1. The molecule has 0 saturated carbocycles. The van der Waals surface area contributed by atoms with Crippen molar-refractivity contribution in [2.24, 2.45) is 18.7 Å². The van der Waals surface area contributed by atoms with E-state index in [2.05, 4.69) is 15.3 Å². The first-order valence-electron chi connectivity index (χ1n) is 9.55. The molecule has 4 aromatic rings. The van der Waals surface area contributed by atoms with Crippen molar-refractivity contribution < 1.29 is 14.3 Å². The quantitative estimate of drug-likeness (QED) is 0.401. The number of rotatable bonds is 7. The van der Waals surface area contributed by atoms with Crippen LogP contribution in [-0.4, -0.2) is 33.0 Å². The van der Waals surface area contributed by atoms with Gasteiger partial charge in [0.05, 0.1) is 33.4 Å². The molecule has 2 aromatic carbocycles. The molecule has 0 saturated heterocycles. The lowest BCUT2D eigenvalue weighted by Crippen LogP contribution is -2.19. The van der Waals surface area contributed by atoms with Gasteiger partial charge in [0.1, 0.15) is 0 Å². The summed E-state index contributed by atoms with van der Waals surface area (Å²) < 4.78 is 8.16. The SMILES string of the molecule is C[C@@H](COC(=O)c1ccc2c(c1)nc(Nc1nc3ccc(Cl)cc3s1)n2C)CC(N)=O. The number of hydrogen-bond acceptors (Lipinski definition) is 7. The first-order chi connectivity index (χ1) is 14.8. The van der Waals surface area contributed by atoms with Crippen LogP contribution in [0.15, 0.2) is 36.4 Å². The van der Waals surface area contributed by atoms with Gasteiger partial charge in [-0.1, -0.05) is 29.9 Å². The van der Waals surface area contributed by atoms with Crippen LogP contribution in [0.5, 0.6) is 0 Å². The van der Waals surface area contributed by atoms with Crippen LogP contribution in [0.4, 0.5) is 11.1 Å². The number of carbonyl (C=O) groups excluding carboxylic acids is 2. The van der Waals surface area contributed by atoms with Gasteiger partial charge >= 0.3 is 5.97 Å². The van der Waals surface area contributed by atoms with Gasteiger partial charge in [0, 0.05) is 18.5 Å². The number of esters is 1. The molecule has 0 spiro atoms. The predicted octanol–water partition coefficient (Wildman–Crippen LogP) is 4.25. The number of nitrogens with two attached hydrogens (primary N) is 1. The molecule has 2 aromatic heterocycles. The zero-order valence-electron chi connectivity index (χ0n) is 16.9. The van der Waals surface area contributed by atoms with Gasteiger partial charge in [0.15, 0.2) is 5.13 Å². The Balaban J connectivity index is 1.52. The zero-order chi connectivity index (χ0) is 22.1. The molecule has 0 fully saturated rings. The van der Waals surface area contributed by atoms with Crippen LogP contribution < -0.4 is 11.1 Å². The lowest BCUT2D eigenvalue weighted by atomic mass is 10.1. The molecule has 4 rings (SSSR count). The van der Waals surface area contributed by atoms with Crippen molar-refractivity contribution >= 4 is 67.1 Å². The van der Waals surface area contributed by atoms with Crippen LogP contribution >= 0.6 is 22.9 Å². The molecule has 0 unspecified atom stereocenters. The average molecular weight is 458 g/mol. The topological polar surface area (TPSA) is 112 Å². The molecule has 8 nitrogen and oxygen atoms in total. The maximum Gasteiger partial charge on any atom is 0.338 e. The van der Waals surface area contributed by atoms with Crippen LogP contribution in [0.2, 0.25) is 5.02 Å². The van der Waals surface area contributed by atoms with Gasteiger partial charge in [-0.3, -0.25) is 4.79 Å². The van der Waals surface area contributed by atoms with Crippen molar-refractivity contribution in [1.29, 1.82) is 0 Å². The highest BCUT2D eigenvalue weighted by Crippen LogP contribution is 2.31. The van der Waals surface area contributed by atoms with E-state index in [1.165, 1.54) is 11.3 Å². The van der Waals surface area contributed by atoms with Crippen molar-refractivity contribution in [3.8, 4) is 0 Å². The Morgan fingerprint density at radius 2 is 2.03 bits per heavy atom. The smallest absolute Gasteiger partial charge is 0.338 e. The van der Waals surface area contributed by atoms with E-state index in [1.807, 2.05) is 29.8 Å². The lowest BCUT2D eigenvalue weighted by molar-refractivity contribution is -0.119. The van der Waals surface area contributed by atoms with E-state index in [1.54, 1.807) is 25.1 Å². The fraction of sp³-hybridized carbons (Fsp3) is 0.238. The van der Waals surface area contributed by atoms with Crippen LogP contribution in [0, 0.1) is 5.92 Å². The van der Waals surface area contributed by atoms with E-state index in [0.717, 1.165) is 15.7 Å². The summed E-state index contributed by atoms with van der Waals surface area (Å²) in [6.07, 6.45) is 0.166. The first kappa shape index (κ1) is 21.1. The van der Waals surface area contributed by atoms with E-state index >= 15 is 0 Å². The number of hydrogen-bond donors (Lipinski definition) is 2. The zero-order valence-corrected chi connectivity index (χ0v) is 18.5. The second-order valence-corrected chi connectivity index (χ2v) is 8.80. The fourth-order valence-electron chi connectivity index (χ4n) is 3.19. The third-order valence-electron chi connectivity index (χ3n) is 4.73. The molecule has 0 aliphatic heterocycles. The van der Waals surface area contributed by atoms with Gasteiger partial charge in [-0.05, 0) is 42.3 Å². The molecular weight excluding hydrogens is 438 g/mol. The summed E-state index contributed by atoms with van der Waals surface area (Å²) >= 11 is 7.53. The maximum atomic E-state index is 12.4. The number of aromatic nitrogens is 3. The Bertz CT molecular complexity index is 1300. The summed E-state index contributed by atoms with van der Waals surface area (Å²) in [5, 5.41) is 4.59. The summed E-state index contributed by atoms with van der Waals surface area (Å²) in [5.41, 5.74) is 7.91. The molecule has 1 atom stereocenters. The average Bonchev–Trinajstić information content (AvgIpc) is 3.25. The molecule has 0 bridgehead atoms. The van der Waals surface area contributed by atoms with Gasteiger partial charge in [0.25, 0.3) is 0 Å². The maximum absolute atomic E-state index is 12.4. The van der Waals surface area contributed by atoms with Gasteiger partial charge in [-0.15, -0.1) is 0 Å². The number of thiazole rings is 1. The summed E-state index contributed by atoms with van der Waals surface area (Å²) in [6.45, 7) is 1.92. The number of primary amides is 1. The van der Waals surface area contributed by atoms with Crippen LogP contribution in [0.3, 0.4) is 0 Å². The highest BCUT2D eigenvalue weighted by Gasteiger charge is 2.15. The van der Waals surface area contributed by atoms with Gasteiger partial charge in [-0.25, -0.2) is 14.8 Å². The Hall–Kier alpha value is -3.17. The molecule has 0 radical (unpaired) electrons. The number of aryl methyl sites for hydroxylation is 1. The number of anilines is 2. The molecule has 160 valence electrons. The minimum atomic E-state index is -0.471. The number of ether oxygens (including phenoxy) is 1. The number of carbonyl (C=O) groups is 2. The molecule has 0 aliphatic rings. The molecule has 31 heavy (non-hydrogen) atoms. The monoisotopic (exact) mass is 457 g/mol. The second-order valence-electron chi connectivity index (χ2n) is 7.33. The number of amides is 1. The van der Waals surface area contributed by atoms with Crippen molar-refractivity contribution in [3.63, 3.8) is 0 Å². The largest absolute Gasteiger partial charge is 0.462 e. The van der Waals surface area contributed by atoms with Crippen molar-refractivity contribution in [2.75, 3.05) is 11.9 Å². The number of halogens is 1.